The maximum atomic E-state index is 10.8. The summed E-state index contributed by atoms with van der Waals surface area (Å²) >= 11 is 0. The number of imidazole rings is 1. The van der Waals surface area contributed by atoms with E-state index < -0.39 is 5.97 Å². The first kappa shape index (κ1) is 15.7. The normalized spacial score (nSPS) is 16.8. The van der Waals surface area contributed by atoms with Crippen LogP contribution in [0.25, 0.3) is 17.1 Å². The molecule has 0 atom stereocenters. The van der Waals surface area contributed by atoms with E-state index in [-0.39, 0.29) is 5.54 Å². The molecule has 5 heteroatoms. The van der Waals surface area contributed by atoms with Gasteiger partial charge in [0.25, 0.3) is 0 Å². The van der Waals surface area contributed by atoms with E-state index in [1.54, 1.807) is 6.08 Å². The van der Waals surface area contributed by atoms with E-state index in [0.717, 1.165) is 47.2 Å². The predicted molar refractivity (Wildman–Crippen MR) is 91.4 cm³/mol. The summed E-state index contributed by atoms with van der Waals surface area (Å²) in [4.78, 5) is 15.7. The third kappa shape index (κ3) is 2.55. The van der Waals surface area contributed by atoms with Crippen molar-refractivity contribution in [2.45, 2.75) is 38.1 Å². The van der Waals surface area contributed by atoms with Gasteiger partial charge in [-0.05, 0) is 62.1 Å². The average Bonchev–Trinajstić information content (AvgIpc) is 2.80. The fourth-order valence-electron chi connectivity index (χ4n) is 3.46. The fraction of sp³-hybridized carbons (Fsp3) is 0.444. The van der Waals surface area contributed by atoms with E-state index in [1.165, 1.54) is 12.5 Å². The molecule has 1 heterocycles. The van der Waals surface area contributed by atoms with Crippen molar-refractivity contribution in [1.82, 2.24) is 14.9 Å². The monoisotopic (exact) mass is 313 g/mol. The van der Waals surface area contributed by atoms with Crippen LogP contribution in [0, 0.1) is 0 Å². The number of hydrogen-bond acceptors (Lipinski definition) is 3. The smallest absolute Gasteiger partial charge is 0.328 e. The minimum Gasteiger partial charge on any atom is -0.478 e. The molecular weight excluding hydrogens is 290 g/mol. The number of aliphatic carboxylic acids is 1. The van der Waals surface area contributed by atoms with Crippen molar-refractivity contribution in [3.63, 3.8) is 0 Å². The molecule has 1 fully saturated rings. The quantitative estimate of drug-likeness (QED) is 0.833. The molecule has 1 aromatic carbocycles. The van der Waals surface area contributed by atoms with Crippen LogP contribution in [0.1, 0.15) is 43.1 Å². The second-order valence-corrected chi connectivity index (χ2v) is 6.24. The van der Waals surface area contributed by atoms with Gasteiger partial charge in [-0.25, -0.2) is 9.78 Å². The largest absolute Gasteiger partial charge is 0.478 e. The molecule has 122 valence electrons. The van der Waals surface area contributed by atoms with Crippen molar-refractivity contribution in [2.24, 2.45) is 7.05 Å². The Bertz CT molecular complexity index is 780. The van der Waals surface area contributed by atoms with Crippen molar-refractivity contribution >= 4 is 23.1 Å². The minimum atomic E-state index is -0.933. The first-order chi connectivity index (χ1) is 11.0. The molecular formula is C18H23N3O2. The summed E-state index contributed by atoms with van der Waals surface area (Å²) in [6.07, 6.45) is 7.13. The number of benzene rings is 1. The van der Waals surface area contributed by atoms with Gasteiger partial charge in [-0.3, -0.25) is 0 Å². The molecule has 0 amide bonds. The highest BCUT2D eigenvalue weighted by molar-refractivity contribution is 5.88. The van der Waals surface area contributed by atoms with E-state index in [1.807, 2.05) is 13.1 Å². The Morgan fingerprint density at radius 3 is 2.74 bits per heavy atom. The van der Waals surface area contributed by atoms with Crippen LogP contribution in [0.3, 0.4) is 0 Å². The lowest BCUT2D eigenvalue weighted by Gasteiger charge is -2.40. The third-order valence-corrected chi connectivity index (χ3v) is 5.04. The molecule has 0 spiro atoms. The molecule has 1 aromatic heterocycles. The zero-order valence-electron chi connectivity index (χ0n) is 13.9. The molecule has 0 unspecified atom stereocenters. The van der Waals surface area contributed by atoms with Gasteiger partial charge in [0.05, 0.1) is 16.6 Å². The summed E-state index contributed by atoms with van der Waals surface area (Å²) in [6.45, 7) is 2.08. The fourth-order valence-corrected chi connectivity index (χ4v) is 3.46. The van der Waals surface area contributed by atoms with Crippen LogP contribution in [-0.2, 0) is 23.8 Å². The number of carboxylic acid groups (broad SMARTS) is 1. The first-order valence-electron chi connectivity index (χ1n) is 8.10. The minimum absolute atomic E-state index is 0.0167. The molecule has 3 rings (SSSR count). The van der Waals surface area contributed by atoms with Crippen LogP contribution in [-0.4, -0.2) is 27.7 Å². The standard InChI is InChI=1S/C18H23N3O2/c1-4-12-11-15-14(10-13(12)6-7-16(22)23)20-17(21(15)3)18(19-2)8-5-9-18/h6-7,10-11,19H,4-5,8-9H2,1-3H3,(H,22,23)/b7-6+. The summed E-state index contributed by atoms with van der Waals surface area (Å²) in [6, 6.07) is 4.13. The zero-order chi connectivity index (χ0) is 16.6. The van der Waals surface area contributed by atoms with Gasteiger partial charge < -0.3 is 15.0 Å². The Hall–Kier alpha value is -2.14. The number of rotatable bonds is 5. The Morgan fingerprint density at radius 1 is 1.48 bits per heavy atom. The van der Waals surface area contributed by atoms with E-state index in [2.05, 4.69) is 29.9 Å². The lowest BCUT2D eigenvalue weighted by molar-refractivity contribution is -0.131. The zero-order valence-corrected chi connectivity index (χ0v) is 13.9. The number of carbonyl (C=O) groups is 1. The molecule has 0 bridgehead atoms. The third-order valence-electron chi connectivity index (χ3n) is 5.04. The van der Waals surface area contributed by atoms with E-state index >= 15 is 0 Å². The second-order valence-electron chi connectivity index (χ2n) is 6.24. The van der Waals surface area contributed by atoms with Gasteiger partial charge in [-0.15, -0.1) is 0 Å². The Balaban J connectivity index is 2.14. The lowest BCUT2D eigenvalue weighted by Crippen LogP contribution is -2.47. The maximum Gasteiger partial charge on any atom is 0.328 e. The Morgan fingerprint density at radius 2 is 2.22 bits per heavy atom. The van der Waals surface area contributed by atoms with E-state index in [4.69, 9.17) is 10.1 Å². The van der Waals surface area contributed by atoms with Crippen LogP contribution in [0.5, 0.6) is 0 Å². The predicted octanol–water partition coefficient (Wildman–Crippen LogP) is 2.83. The molecule has 2 N–H and O–H groups in total. The van der Waals surface area contributed by atoms with Gasteiger partial charge >= 0.3 is 5.97 Å². The highest BCUT2D eigenvalue weighted by Crippen LogP contribution is 2.41. The molecule has 1 aliphatic rings. The highest BCUT2D eigenvalue weighted by atomic mass is 16.4. The average molecular weight is 313 g/mol. The SMILES string of the molecule is CCc1cc2c(cc1/C=C/C(=O)O)nc(C1(NC)CCC1)n2C. The van der Waals surface area contributed by atoms with Crippen molar-refractivity contribution < 1.29 is 9.90 Å². The number of aryl methyl sites for hydroxylation is 2. The van der Waals surface area contributed by atoms with Gasteiger partial charge in [0.1, 0.15) is 5.82 Å². The Kier molecular flexibility index (Phi) is 3.98. The number of aromatic nitrogens is 2. The summed E-state index contributed by atoms with van der Waals surface area (Å²) in [5.41, 5.74) is 4.07. The van der Waals surface area contributed by atoms with Crippen molar-refractivity contribution in [3.8, 4) is 0 Å². The van der Waals surface area contributed by atoms with Gasteiger partial charge in [0.2, 0.25) is 0 Å². The molecule has 1 saturated carbocycles. The van der Waals surface area contributed by atoms with Crippen molar-refractivity contribution in [3.05, 3.63) is 35.2 Å². The highest BCUT2D eigenvalue weighted by Gasteiger charge is 2.41. The molecule has 1 aliphatic carbocycles. The molecule has 5 nitrogen and oxygen atoms in total. The lowest BCUT2D eigenvalue weighted by atomic mass is 9.76. The van der Waals surface area contributed by atoms with Gasteiger partial charge in [0, 0.05) is 13.1 Å². The maximum absolute atomic E-state index is 10.8. The van der Waals surface area contributed by atoms with Crippen LogP contribution in [0.2, 0.25) is 0 Å². The summed E-state index contributed by atoms with van der Waals surface area (Å²) in [7, 11) is 4.06. The molecule has 2 aromatic rings. The van der Waals surface area contributed by atoms with Gasteiger partial charge in [-0.1, -0.05) is 6.92 Å². The summed E-state index contributed by atoms with van der Waals surface area (Å²) in [5, 5.41) is 12.3. The number of nitrogens with one attached hydrogen (secondary N) is 1. The number of hydrogen-bond donors (Lipinski definition) is 2. The first-order valence-corrected chi connectivity index (χ1v) is 8.10. The van der Waals surface area contributed by atoms with Gasteiger partial charge in [-0.2, -0.15) is 0 Å². The van der Waals surface area contributed by atoms with Crippen LogP contribution in [0.4, 0.5) is 0 Å². The second kappa shape index (κ2) is 5.81. The molecule has 0 aliphatic heterocycles. The summed E-state index contributed by atoms with van der Waals surface area (Å²) < 4.78 is 2.18. The number of carboxylic acids is 1. The van der Waals surface area contributed by atoms with Crippen LogP contribution >= 0.6 is 0 Å². The Labute approximate surface area is 136 Å². The van der Waals surface area contributed by atoms with Crippen LogP contribution < -0.4 is 5.32 Å². The van der Waals surface area contributed by atoms with Crippen molar-refractivity contribution in [1.29, 1.82) is 0 Å². The molecule has 0 saturated heterocycles. The topological polar surface area (TPSA) is 67.2 Å². The van der Waals surface area contributed by atoms with E-state index in [9.17, 15) is 4.79 Å². The van der Waals surface area contributed by atoms with Crippen molar-refractivity contribution in [2.75, 3.05) is 7.05 Å². The molecule has 23 heavy (non-hydrogen) atoms. The number of fused-ring (bicyclic) bond motifs is 1. The number of nitrogens with zero attached hydrogens (tertiary/aromatic N) is 2. The van der Waals surface area contributed by atoms with E-state index in [0.29, 0.717) is 0 Å². The van der Waals surface area contributed by atoms with Gasteiger partial charge in [0.15, 0.2) is 0 Å². The summed E-state index contributed by atoms with van der Waals surface area (Å²) in [5.74, 6) is 0.139. The molecule has 0 radical (unpaired) electrons. The van der Waals surface area contributed by atoms with Crippen LogP contribution in [0.15, 0.2) is 18.2 Å².